The summed E-state index contributed by atoms with van der Waals surface area (Å²) in [6.07, 6.45) is 6.86. The second-order valence-corrected chi connectivity index (χ2v) is 29.6. The van der Waals surface area contributed by atoms with E-state index >= 15 is 0 Å². The lowest BCUT2D eigenvalue weighted by Gasteiger charge is -2.49. The minimum atomic E-state index is -0.135. The van der Waals surface area contributed by atoms with Crippen molar-refractivity contribution in [2.75, 3.05) is 9.80 Å². The SMILES string of the molecule is Cc1cc2c3c(c1)N(c1c(C)cc(C(C)(C)C)cc1-c1ccc4c(c1)C(C)(C)CCC4(C)C)c1c(oc4c1C(C)(C)CCC4(C)C)B3c1ccc3c(c1N2c1ccc(C(C)(C)C)cc1)C(C)(C)CCC3(C)C. The molecule has 0 atom stereocenters. The van der Waals surface area contributed by atoms with Crippen LogP contribution < -0.4 is 26.4 Å². The summed E-state index contributed by atoms with van der Waals surface area (Å²) in [6, 6.07) is 32.3. The highest BCUT2D eigenvalue weighted by Crippen LogP contribution is 2.59. The quantitative estimate of drug-likeness (QED) is 0.165. The van der Waals surface area contributed by atoms with Gasteiger partial charge in [0.15, 0.2) is 0 Å². The molecule has 3 heterocycles. The largest absolute Gasteiger partial charge is 0.472 e. The molecule has 2 aliphatic heterocycles. The van der Waals surface area contributed by atoms with Crippen LogP contribution in [0, 0.1) is 13.8 Å². The van der Waals surface area contributed by atoms with Crippen LogP contribution in [0.3, 0.4) is 0 Å². The summed E-state index contributed by atoms with van der Waals surface area (Å²) < 4.78 is 7.93. The Balaban J connectivity index is 1.30. The van der Waals surface area contributed by atoms with Crippen molar-refractivity contribution in [1.29, 1.82) is 0 Å². The minimum absolute atomic E-state index is 0.0378. The third-order valence-electron chi connectivity index (χ3n) is 19.2. The number of benzene rings is 5. The first-order valence-corrected chi connectivity index (χ1v) is 27.8. The van der Waals surface area contributed by atoms with Gasteiger partial charge in [-0.05, 0) is 182 Å². The third-order valence-corrected chi connectivity index (χ3v) is 19.2. The minimum Gasteiger partial charge on any atom is -0.472 e. The van der Waals surface area contributed by atoms with Gasteiger partial charge in [0.05, 0.1) is 17.0 Å². The molecule has 0 radical (unpaired) electrons. The van der Waals surface area contributed by atoms with Gasteiger partial charge in [0.25, 0.3) is 6.71 Å². The van der Waals surface area contributed by atoms with Crippen molar-refractivity contribution in [2.45, 2.75) is 220 Å². The van der Waals surface area contributed by atoms with Gasteiger partial charge in [0, 0.05) is 39.3 Å². The summed E-state index contributed by atoms with van der Waals surface area (Å²) in [6.45, 7) is 48.4. The molecule has 6 aromatic rings. The summed E-state index contributed by atoms with van der Waals surface area (Å²) >= 11 is 0. The van der Waals surface area contributed by atoms with Gasteiger partial charge in [-0.3, -0.25) is 0 Å². The molecule has 0 fully saturated rings. The Morgan fingerprint density at radius 1 is 0.472 bits per heavy atom. The Labute approximate surface area is 435 Å². The predicted molar refractivity (Wildman–Crippen MR) is 311 cm³/mol. The summed E-state index contributed by atoms with van der Waals surface area (Å²) in [4.78, 5) is 5.46. The Kier molecular flexibility index (Phi) is 10.5. The Hall–Kier alpha value is -4.96. The molecule has 5 aliphatic rings. The number of fused-ring (bicyclic) bond motifs is 9. The van der Waals surface area contributed by atoms with Crippen molar-refractivity contribution in [3.05, 3.63) is 135 Å². The van der Waals surface area contributed by atoms with Crippen LogP contribution in [0.2, 0.25) is 0 Å². The Bertz CT molecular complexity index is 3240. The number of furan rings is 1. The zero-order valence-electron chi connectivity index (χ0n) is 48.1. The fourth-order valence-corrected chi connectivity index (χ4v) is 14.2. The molecule has 376 valence electrons. The highest BCUT2D eigenvalue weighted by atomic mass is 16.3. The zero-order chi connectivity index (χ0) is 52.0. The van der Waals surface area contributed by atoms with Gasteiger partial charge in [-0.25, -0.2) is 0 Å². The number of rotatable bonds is 3. The van der Waals surface area contributed by atoms with Gasteiger partial charge < -0.3 is 14.2 Å². The van der Waals surface area contributed by atoms with Crippen LogP contribution in [0.5, 0.6) is 0 Å². The summed E-state index contributed by atoms with van der Waals surface area (Å²) in [5.74, 6) is 1.17. The van der Waals surface area contributed by atoms with E-state index in [1.807, 2.05) is 0 Å². The van der Waals surface area contributed by atoms with E-state index in [4.69, 9.17) is 4.42 Å². The van der Waals surface area contributed by atoms with Gasteiger partial charge in [-0.2, -0.15) is 0 Å². The van der Waals surface area contributed by atoms with E-state index in [9.17, 15) is 0 Å². The fourth-order valence-electron chi connectivity index (χ4n) is 14.2. The molecule has 0 saturated carbocycles. The molecule has 0 amide bonds. The summed E-state index contributed by atoms with van der Waals surface area (Å²) in [5.41, 5.74) is 26.6. The molecule has 3 nitrogen and oxygen atoms in total. The standard InChI is InChI=1S/C68H85BN2O/c1-40-35-51-55-52(36-40)71(56-41(2)37-44(62(6,7)8)39-46(56)42-21-26-47-49(38-42)65(13,14)30-29-63(47,9)10)58-54-59(68(19,20)34-33-67(54,17)18)72-60(58)69(55)50-28-27-48-53(66(15,16)32-31-64(48,11)12)57(50)70(51)45-24-22-43(23-25-45)61(3,4)5/h21-28,35-39H,29-34H2,1-20H3. The van der Waals surface area contributed by atoms with E-state index in [0.29, 0.717) is 0 Å². The first kappa shape index (κ1) is 49.3. The van der Waals surface area contributed by atoms with Crippen LogP contribution in [0.25, 0.3) is 11.1 Å². The maximum Gasteiger partial charge on any atom is 0.297 e. The maximum atomic E-state index is 7.93. The normalized spacial score (nSPS) is 20.5. The van der Waals surface area contributed by atoms with Gasteiger partial charge in [0.2, 0.25) is 0 Å². The van der Waals surface area contributed by atoms with Crippen LogP contribution >= 0.6 is 0 Å². The number of anilines is 6. The lowest BCUT2D eigenvalue weighted by Crippen LogP contribution is -2.62. The molecular formula is C68H85BN2O. The summed E-state index contributed by atoms with van der Waals surface area (Å²) in [7, 11) is 0. The first-order chi connectivity index (χ1) is 33.3. The van der Waals surface area contributed by atoms with Gasteiger partial charge >= 0.3 is 0 Å². The number of hydrogen-bond acceptors (Lipinski definition) is 3. The van der Waals surface area contributed by atoms with Crippen molar-refractivity contribution < 1.29 is 4.42 Å². The van der Waals surface area contributed by atoms with E-state index in [0.717, 1.165) is 24.9 Å². The number of hydrogen-bond donors (Lipinski definition) is 0. The van der Waals surface area contributed by atoms with E-state index < -0.39 is 0 Å². The predicted octanol–water partition coefficient (Wildman–Crippen LogP) is 17.3. The van der Waals surface area contributed by atoms with Gasteiger partial charge in [-0.1, -0.05) is 173 Å². The molecular weight excluding hydrogens is 872 g/mol. The molecule has 0 unspecified atom stereocenters. The van der Waals surface area contributed by atoms with Crippen molar-refractivity contribution in [2.24, 2.45) is 0 Å². The number of aryl methyl sites for hydroxylation is 2. The molecule has 3 aliphatic carbocycles. The van der Waals surface area contributed by atoms with Crippen LogP contribution in [-0.2, 0) is 43.3 Å². The highest BCUT2D eigenvalue weighted by molar-refractivity contribution is 6.99. The molecule has 4 heteroatoms. The lowest BCUT2D eigenvalue weighted by atomic mass is 9.34. The summed E-state index contributed by atoms with van der Waals surface area (Å²) in [5, 5.41) is 0. The molecule has 0 spiro atoms. The topological polar surface area (TPSA) is 19.6 Å². The smallest absolute Gasteiger partial charge is 0.297 e. The van der Waals surface area contributed by atoms with Gasteiger partial charge in [0.1, 0.15) is 5.76 Å². The van der Waals surface area contributed by atoms with Crippen LogP contribution in [0.15, 0.2) is 83.3 Å². The van der Waals surface area contributed by atoms with E-state index in [-0.39, 0.29) is 50.0 Å². The van der Waals surface area contributed by atoms with E-state index in [1.54, 1.807) is 0 Å². The Morgan fingerprint density at radius 2 is 1.00 bits per heavy atom. The first-order valence-electron chi connectivity index (χ1n) is 27.8. The molecule has 11 rings (SSSR count). The van der Waals surface area contributed by atoms with Crippen LogP contribution in [0.1, 0.15) is 219 Å². The third kappa shape index (κ3) is 7.23. The molecule has 5 aromatic carbocycles. The van der Waals surface area contributed by atoms with Crippen molar-refractivity contribution >= 4 is 57.4 Å². The highest BCUT2D eigenvalue weighted by Gasteiger charge is 2.54. The lowest BCUT2D eigenvalue weighted by molar-refractivity contribution is 0.282. The van der Waals surface area contributed by atoms with Gasteiger partial charge in [-0.15, -0.1) is 0 Å². The second-order valence-electron chi connectivity index (χ2n) is 29.6. The van der Waals surface area contributed by atoms with Crippen molar-refractivity contribution in [1.82, 2.24) is 0 Å². The molecule has 0 N–H and O–H groups in total. The van der Waals surface area contributed by atoms with Crippen LogP contribution in [-0.4, -0.2) is 6.71 Å². The zero-order valence-corrected chi connectivity index (χ0v) is 48.1. The van der Waals surface area contributed by atoms with Crippen molar-refractivity contribution in [3.8, 4) is 11.1 Å². The molecule has 0 saturated heterocycles. The number of nitrogens with zero attached hydrogens (tertiary/aromatic N) is 2. The fraction of sp³-hybridized carbons (Fsp3) is 0.500. The second kappa shape index (κ2) is 15.3. The average molecular weight is 957 g/mol. The monoisotopic (exact) mass is 957 g/mol. The molecule has 72 heavy (non-hydrogen) atoms. The maximum absolute atomic E-state index is 7.93. The average Bonchev–Trinajstić information content (AvgIpc) is 3.71. The van der Waals surface area contributed by atoms with E-state index in [1.165, 1.54) is 131 Å². The molecule has 0 bridgehead atoms. The Morgan fingerprint density at radius 3 is 1.61 bits per heavy atom. The van der Waals surface area contributed by atoms with Crippen molar-refractivity contribution in [3.63, 3.8) is 0 Å². The van der Waals surface area contributed by atoms with E-state index in [2.05, 4.69) is 227 Å². The van der Waals surface area contributed by atoms with Crippen LogP contribution in [0.4, 0.5) is 34.1 Å². The molecule has 1 aromatic heterocycles.